The molecule has 2 atom stereocenters. The maximum atomic E-state index is 12.7. The van der Waals surface area contributed by atoms with E-state index in [1.165, 1.54) is 6.42 Å². The van der Waals surface area contributed by atoms with E-state index in [0.29, 0.717) is 11.5 Å². The van der Waals surface area contributed by atoms with Crippen molar-refractivity contribution < 1.29 is 9.53 Å². The summed E-state index contributed by atoms with van der Waals surface area (Å²) in [5, 5.41) is 0. The molecular formula is C20H27NO2. The zero-order valence-electron chi connectivity index (χ0n) is 14.6. The van der Waals surface area contributed by atoms with Gasteiger partial charge in [0.25, 0.3) is 0 Å². The summed E-state index contributed by atoms with van der Waals surface area (Å²) < 4.78 is 5.34. The molecule has 0 aromatic heterocycles. The van der Waals surface area contributed by atoms with Crippen LogP contribution in [0.4, 0.5) is 0 Å². The van der Waals surface area contributed by atoms with Gasteiger partial charge in [-0.25, -0.2) is 0 Å². The van der Waals surface area contributed by atoms with Crippen LogP contribution in [0, 0.1) is 10.8 Å². The Morgan fingerprint density at radius 1 is 1.26 bits per heavy atom. The lowest BCUT2D eigenvalue weighted by atomic mass is 9.65. The first-order valence-corrected chi connectivity index (χ1v) is 8.44. The highest BCUT2D eigenvalue weighted by molar-refractivity contribution is 5.92. The van der Waals surface area contributed by atoms with E-state index in [1.54, 1.807) is 13.2 Å². The van der Waals surface area contributed by atoms with Gasteiger partial charge in [0.2, 0.25) is 5.91 Å². The van der Waals surface area contributed by atoms with Crippen molar-refractivity contribution in [3.05, 3.63) is 35.9 Å². The van der Waals surface area contributed by atoms with Crippen LogP contribution in [0.1, 0.15) is 45.6 Å². The number of likely N-dealkylation sites (tertiary alicyclic amines) is 1. The van der Waals surface area contributed by atoms with Crippen molar-refractivity contribution in [2.75, 3.05) is 13.7 Å². The first-order chi connectivity index (χ1) is 10.8. The smallest absolute Gasteiger partial charge is 0.246 e. The van der Waals surface area contributed by atoms with E-state index >= 15 is 0 Å². The van der Waals surface area contributed by atoms with Gasteiger partial charge in [-0.1, -0.05) is 39.0 Å². The standard InChI is InChI=1S/C20H27NO2/c1-19(2)11-16-12-20(3,13-19)14-21(16)18(22)10-9-15-7-5-6-8-17(15)23-4/h5-10,16H,11-14H2,1-4H3/b10-9+. The maximum Gasteiger partial charge on any atom is 0.246 e. The quantitative estimate of drug-likeness (QED) is 0.785. The maximum absolute atomic E-state index is 12.7. The Hall–Kier alpha value is -1.77. The third kappa shape index (κ3) is 3.29. The molecule has 0 N–H and O–H groups in total. The molecule has 3 nitrogen and oxygen atoms in total. The summed E-state index contributed by atoms with van der Waals surface area (Å²) in [6.45, 7) is 7.88. The van der Waals surface area contributed by atoms with Crippen LogP contribution in [-0.2, 0) is 4.79 Å². The number of carbonyl (C=O) groups is 1. The molecule has 1 aromatic rings. The van der Waals surface area contributed by atoms with E-state index in [-0.39, 0.29) is 11.3 Å². The zero-order valence-corrected chi connectivity index (χ0v) is 14.6. The number of hydrogen-bond acceptors (Lipinski definition) is 2. The molecule has 1 saturated heterocycles. The van der Waals surface area contributed by atoms with Gasteiger partial charge in [-0.2, -0.15) is 0 Å². The van der Waals surface area contributed by atoms with E-state index in [2.05, 4.69) is 25.7 Å². The number of amides is 1. The molecule has 1 heterocycles. The normalized spacial score (nSPS) is 29.0. The van der Waals surface area contributed by atoms with Crippen molar-refractivity contribution in [1.29, 1.82) is 0 Å². The number of fused-ring (bicyclic) bond motifs is 2. The second-order valence-electron chi connectivity index (χ2n) is 8.26. The summed E-state index contributed by atoms with van der Waals surface area (Å²) in [6.07, 6.45) is 7.03. The van der Waals surface area contributed by atoms with Gasteiger partial charge in [-0.15, -0.1) is 0 Å². The molecule has 3 heteroatoms. The second-order valence-corrected chi connectivity index (χ2v) is 8.26. The minimum atomic E-state index is 0.127. The Balaban J connectivity index is 1.76. The molecule has 0 radical (unpaired) electrons. The second kappa shape index (κ2) is 5.70. The molecule has 124 valence electrons. The van der Waals surface area contributed by atoms with E-state index < -0.39 is 0 Å². The zero-order chi connectivity index (χ0) is 16.7. The SMILES string of the molecule is COc1ccccc1/C=C/C(=O)N1CC2(C)CC1CC(C)(C)C2. The van der Waals surface area contributed by atoms with Crippen molar-refractivity contribution >= 4 is 12.0 Å². The van der Waals surface area contributed by atoms with Crippen LogP contribution in [0.2, 0.25) is 0 Å². The molecule has 0 spiro atoms. The molecule has 1 aliphatic carbocycles. The Kier molecular flexibility index (Phi) is 3.99. The molecule has 1 aromatic carbocycles. The molecular weight excluding hydrogens is 286 g/mol. The summed E-state index contributed by atoms with van der Waals surface area (Å²) >= 11 is 0. The first kappa shape index (κ1) is 16.1. The summed E-state index contributed by atoms with van der Waals surface area (Å²) in [6, 6.07) is 8.16. The molecule has 2 unspecified atom stereocenters. The largest absolute Gasteiger partial charge is 0.496 e. The van der Waals surface area contributed by atoms with Gasteiger partial charge < -0.3 is 9.64 Å². The lowest BCUT2D eigenvalue weighted by Crippen LogP contribution is -2.36. The highest BCUT2D eigenvalue weighted by Gasteiger charge is 2.50. The fourth-order valence-corrected chi connectivity index (χ4v) is 4.78. The summed E-state index contributed by atoms with van der Waals surface area (Å²) in [5.41, 5.74) is 1.55. The van der Waals surface area contributed by atoms with Crippen molar-refractivity contribution in [3.8, 4) is 5.75 Å². The van der Waals surface area contributed by atoms with Gasteiger partial charge in [-0.3, -0.25) is 4.79 Å². The fourth-order valence-electron chi connectivity index (χ4n) is 4.78. The van der Waals surface area contributed by atoms with Crippen LogP contribution in [-0.4, -0.2) is 30.5 Å². The van der Waals surface area contributed by atoms with Crippen LogP contribution in [0.15, 0.2) is 30.3 Å². The van der Waals surface area contributed by atoms with Gasteiger partial charge in [0, 0.05) is 24.2 Å². The minimum absolute atomic E-state index is 0.127. The van der Waals surface area contributed by atoms with Gasteiger partial charge in [0.1, 0.15) is 5.75 Å². The van der Waals surface area contributed by atoms with Crippen LogP contribution in [0.3, 0.4) is 0 Å². The predicted octanol–water partition coefficient (Wildman–Crippen LogP) is 4.14. The molecule has 1 amide bonds. The third-order valence-corrected chi connectivity index (χ3v) is 5.24. The van der Waals surface area contributed by atoms with E-state index in [9.17, 15) is 4.79 Å². The van der Waals surface area contributed by atoms with Crippen molar-refractivity contribution in [2.45, 2.75) is 46.1 Å². The van der Waals surface area contributed by atoms with Gasteiger partial charge >= 0.3 is 0 Å². The van der Waals surface area contributed by atoms with E-state index in [1.807, 2.05) is 30.3 Å². The van der Waals surface area contributed by atoms with E-state index in [0.717, 1.165) is 30.7 Å². The van der Waals surface area contributed by atoms with Crippen LogP contribution in [0.5, 0.6) is 5.75 Å². The fraction of sp³-hybridized carbons (Fsp3) is 0.550. The summed E-state index contributed by atoms with van der Waals surface area (Å²) in [5.74, 6) is 0.923. The van der Waals surface area contributed by atoms with Crippen LogP contribution >= 0.6 is 0 Å². The van der Waals surface area contributed by atoms with Gasteiger partial charge in [-0.05, 0) is 42.2 Å². The predicted molar refractivity (Wildman–Crippen MR) is 93.3 cm³/mol. The molecule has 1 saturated carbocycles. The minimum Gasteiger partial charge on any atom is -0.496 e. The molecule has 3 rings (SSSR count). The highest BCUT2D eigenvalue weighted by Crippen LogP contribution is 2.52. The van der Waals surface area contributed by atoms with Crippen molar-refractivity contribution in [1.82, 2.24) is 4.90 Å². The number of rotatable bonds is 3. The monoisotopic (exact) mass is 313 g/mol. The highest BCUT2D eigenvalue weighted by atomic mass is 16.5. The lowest BCUT2D eigenvalue weighted by Gasteiger charge is -2.39. The van der Waals surface area contributed by atoms with Gasteiger partial charge in [0.05, 0.1) is 7.11 Å². The number of carbonyl (C=O) groups excluding carboxylic acids is 1. The molecule has 1 aliphatic heterocycles. The Morgan fingerprint density at radius 3 is 2.74 bits per heavy atom. The average molecular weight is 313 g/mol. The van der Waals surface area contributed by atoms with Crippen molar-refractivity contribution in [3.63, 3.8) is 0 Å². The molecule has 2 fully saturated rings. The summed E-state index contributed by atoms with van der Waals surface area (Å²) in [4.78, 5) is 14.8. The van der Waals surface area contributed by atoms with Crippen molar-refractivity contribution in [2.24, 2.45) is 10.8 Å². The van der Waals surface area contributed by atoms with Crippen LogP contribution in [0.25, 0.3) is 6.08 Å². The Bertz CT molecular complexity index is 634. The molecule has 2 aliphatic rings. The summed E-state index contributed by atoms with van der Waals surface area (Å²) in [7, 11) is 1.65. The Labute approximate surface area is 139 Å². The van der Waals surface area contributed by atoms with Gasteiger partial charge in [0.15, 0.2) is 0 Å². The number of benzene rings is 1. The molecule has 23 heavy (non-hydrogen) atoms. The average Bonchev–Trinajstić information content (AvgIpc) is 2.74. The number of ether oxygens (including phenoxy) is 1. The third-order valence-electron chi connectivity index (χ3n) is 5.24. The Morgan fingerprint density at radius 2 is 2.00 bits per heavy atom. The first-order valence-electron chi connectivity index (χ1n) is 8.44. The topological polar surface area (TPSA) is 29.5 Å². The number of hydrogen-bond donors (Lipinski definition) is 0. The lowest BCUT2D eigenvalue weighted by molar-refractivity contribution is -0.127. The van der Waals surface area contributed by atoms with Crippen LogP contribution < -0.4 is 4.74 Å². The number of nitrogens with zero attached hydrogens (tertiary/aromatic N) is 1. The number of para-hydroxylation sites is 1. The number of methoxy groups -OCH3 is 1. The molecule has 2 bridgehead atoms. The van der Waals surface area contributed by atoms with E-state index in [4.69, 9.17) is 4.74 Å².